The number of hydrogen-bond donors (Lipinski definition) is 1. The van der Waals surface area contributed by atoms with Crippen LogP contribution in [0.1, 0.15) is 6.42 Å². The number of anilines is 1. The topological polar surface area (TPSA) is 35.8 Å². The van der Waals surface area contributed by atoms with E-state index in [1.807, 2.05) is 18.2 Å². The van der Waals surface area contributed by atoms with Gasteiger partial charge in [-0.3, -0.25) is 0 Å². The summed E-state index contributed by atoms with van der Waals surface area (Å²) in [5.74, 6) is 0.931. The van der Waals surface area contributed by atoms with Crippen LogP contribution in [0.3, 0.4) is 0 Å². The van der Waals surface area contributed by atoms with E-state index in [0.29, 0.717) is 6.42 Å². The molecule has 0 spiro atoms. The number of nitrogens with one attached hydrogen (secondary N) is 1. The number of benzene rings is 1. The van der Waals surface area contributed by atoms with Gasteiger partial charge in [-0.15, -0.1) is 11.8 Å². The van der Waals surface area contributed by atoms with E-state index in [0.717, 1.165) is 16.5 Å². The van der Waals surface area contributed by atoms with Gasteiger partial charge >= 0.3 is 0 Å². The number of rotatable bonds is 1. The fraction of sp³-hybridized carbons (Fsp3) is 0.300. The van der Waals surface area contributed by atoms with Gasteiger partial charge in [0.05, 0.1) is 23.2 Å². The number of fused-ring (bicyclic) bond motifs is 1. The Balaban J connectivity index is 2.25. The largest absolute Gasteiger partial charge is 0.378 e. The summed E-state index contributed by atoms with van der Waals surface area (Å²) in [6, 6.07) is 8.24. The zero-order chi connectivity index (χ0) is 9.97. The number of thioether (sulfide) groups is 1. The van der Waals surface area contributed by atoms with Crippen LogP contribution in [0.2, 0.25) is 5.02 Å². The summed E-state index contributed by atoms with van der Waals surface area (Å²) in [6.45, 7) is 0. The summed E-state index contributed by atoms with van der Waals surface area (Å²) in [6.07, 6.45) is 0.525. The van der Waals surface area contributed by atoms with E-state index in [1.54, 1.807) is 11.8 Å². The van der Waals surface area contributed by atoms with Crippen LogP contribution >= 0.6 is 23.4 Å². The average molecular weight is 225 g/mol. The van der Waals surface area contributed by atoms with E-state index in [1.165, 1.54) is 4.90 Å². The van der Waals surface area contributed by atoms with Gasteiger partial charge in [0.25, 0.3) is 0 Å². The van der Waals surface area contributed by atoms with E-state index >= 15 is 0 Å². The molecule has 4 heteroatoms. The molecular weight excluding hydrogens is 216 g/mol. The van der Waals surface area contributed by atoms with Gasteiger partial charge in [-0.25, -0.2) is 0 Å². The lowest BCUT2D eigenvalue weighted by atomic mass is 10.2. The number of nitriles is 1. The molecule has 0 radical (unpaired) electrons. The highest BCUT2D eigenvalue weighted by Gasteiger charge is 2.19. The number of para-hydroxylation sites is 1. The fourth-order valence-corrected chi connectivity index (χ4v) is 2.78. The summed E-state index contributed by atoms with van der Waals surface area (Å²) < 4.78 is 0. The van der Waals surface area contributed by atoms with Crippen LogP contribution < -0.4 is 5.32 Å². The normalized spacial score (nSPS) is 19.3. The third-order valence-corrected chi connectivity index (χ3v) is 3.64. The lowest BCUT2D eigenvalue weighted by Crippen LogP contribution is -2.25. The second-order valence-corrected chi connectivity index (χ2v) is 4.60. The highest BCUT2D eigenvalue weighted by molar-refractivity contribution is 7.99. The molecule has 1 N–H and O–H groups in total. The van der Waals surface area contributed by atoms with Crippen molar-refractivity contribution < 1.29 is 0 Å². The molecule has 1 aromatic rings. The van der Waals surface area contributed by atoms with Crippen molar-refractivity contribution >= 4 is 29.1 Å². The molecule has 1 aliphatic rings. The molecule has 0 aromatic heterocycles. The summed E-state index contributed by atoms with van der Waals surface area (Å²) in [4.78, 5) is 1.17. The van der Waals surface area contributed by atoms with E-state index < -0.39 is 0 Å². The maximum absolute atomic E-state index is 8.60. The Morgan fingerprint density at radius 2 is 2.50 bits per heavy atom. The predicted molar refractivity (Wildman–Crippen MR) is 59.8 cm³/mol. The fourth-order valence-electron chi connectivity index (χ4n) is 1.42. The Hall–Kier alpha value is -0.850. The first-order chi connectivity index (χ1) is 6.81. The van der Waals surface area contributed by atoms with E-state index in [-0.39, 0.29) is 6.04 Å². The highest BCUT2D eigenvalue weighted by atomic mass is 35.5. The van der Waals surface area contributed by atoms with Gasteiger partial charge < -0.3 is 5.32 Å². The lowest BCUT2D eigenvalue weighted by molar-refractivity contribution is 0.820. The number of halogens is 1. The Labute approximate surface area is 92.3 Å². The molecule has 1 heterocycles. The summed E-state index contributed by atoms with van der Waals surface area (Å²) in [5.41, 5.74) is 0.977. The second-order valence-electron chi connectivity index (χ2n) is 3.13. The average Bonchev–Trinajstić information content (AvgIpc) is 2.20. The maximum Gasteiger partial charge on any atom is 0.0670 e. The highest BCUT2D eigenvalue weighted by Crippen LogP contribution is 2.38. The monoisotopic (exact) mass is 224 g/mol. The Morgan fingerprint density at radius 1 is 1.64 bits per heavy atom. The summed E-state index contributed by atoms with van der Waals surface area (Å²) >= 11 is 7.80. The van der Waals surface area contributed by atoms with Crippen molar-refractivity contribution in [3.8, 4) is 6.07 Å². The molecule has 0 fully saturated rings. The first-order valence-electron chi connectivity index (χ1n) is 4.36. The molecule has 2 nitrogen and oxygen atoms in total. The van der Waals surface area contributed by atoms with Crippen LogP contribution in [0, 0.1) is 11.3 Å². The van der Waals surface area contributed by atoms with Gasteiger partial charge in [0, 0.05) is 16.7 Å². The van der Waals surface area contributed by atoms with Crippen LogP contribution in [-0.4, -0.2) is 11.8 Å². The van der Waals surface area contributed by atoms with Crippen molar-refractivity contribution in [3.63, 3.8) is 0 Å². The molecule has 0 saturated heterocycles. The van der Waals surface area contributed by atoms with Gasteiger partial charge in [-0.2, -0.15) is 5.26 Å². The van der Waals surface area contributed by atoms with Crippen LogP contribution in [0.5, 0.6) is 0 Å². The SMILES string of the molecule is N#CCC1CSc2cccc(Cl)c2N1. The minimum absolute atomic E-state index is 0.220. The molecular formula is C10H9ClN2S. The molecule has 1 aliphatic heterocycles. The third-order valence-electron chi connectivity index (χ3n) is 2.10. The molecule has 1 aromatic carbocycles. The zero-order valence-corrected chi connectivity index (χ0v) is 9.03. The van der Waals surface area contributed by atoms with Gasteiger partial charge in [0.2, 0.25) is 0 Å². The molecule has 2 rings (SSSR count). The number of hydrogen-bond acceptors (Lipinski definition) is 3. The van der Waals surface area contributed by atoms with Gasteiger partial charge in [-0.05, 0) is 12.1 Å². The number of nitrogens with zero attached hydrogens (tertiary/aromatic N) is 1. The molecule has 0 saturated carbocycles. The van der Waals surface area contributed by atoms with Crippen LogP contribution in [0.4, 0.5) is 5.69 Å². The third kappa shape index (κ3) is 1.82. The van der Waals surface area contributed by atoms with E-state index in [9.17, 15) is 0 Å². The minimum atomic E-state index is 0.220. The molecule has 0 bridgehead atoms. The van der Waals surface area contributed by atoms with Crippen molar-refractivity contribution in [1.29, 1.82) is 5.26 Å². The molecule has 1 atom stereocenters. The first-order valence-corrected chi connectivity index (χ1v) is 5.72. The van der Waals surface area contributed by atoms with Crippen molar-refractivity contribution in [2.45, 2.75) is 17.4 Å². The lowest BCUT2D eigenvalue weighted by Gasteiger charge is -2.25. The maximum atomic E-state index is 8.60. The summed E-state index contributed by atoms with van der Waals surface area (Å²) in [7, 11) is 0. The molecule has 1 unspecified atom stereocenters. The predicted octanol–water partition coefficient (Wildman–Crippen LogP) is 3.14. The Morgan fingerprint density at radius 3 is 3.29 bits per heavy atom. The standard InChI is InChI=1S/C10H9ClN2S/c11-8-2-1-3-9-10(8)13-7(4-5-12)6-14-9/h1-3,7,13H,4,6H2. The molecule has 0 aliphatic carbocycles. The van der Waals surface area contributed by atoms with Crippen LogP contribution in [0.15, 0.2) is 23.1 Å². The van der Waals surface area contributed by atoms with E-state index in [2.05, 4.69) is 11.4 Å². The van der Waals surface area contributed by atoms with Gasteiger partial charge in [0.15, 0.2) is 0 Å². The smallest absolute Gasteiger partial charge is 0.0670 e. The molecule has 0 amide bonds. The minimum Gasteiger partial charge on any atom is -0.378 e. The second kappa shape index (κ2) is 4.12. The molecule has 72 valence electrons. The van der Waals surface area contributed by atoms with Gasteiger partial charge in [0.1, 0.15) is 0 Å². The van der Waals surface area contributed by atoms with Crippen LogP contribution in [0.25, 0.3) is 0 Å². The van der Waals surface area contributed by atoms with Crippen molar-refractivity contribution in [3.05, 3.63) is 23.2 Å². The first kappa shape index (κ1) is 9.70. The van der Waals surface area contributed by atoms with E-state index in [4.69, 9.17) is 16.9 Å². The van der Waals surface area contributed by atoms with Crippen molar-refractivity contribution in [2.24, 2.45) is 0 Å². The quantitative estimate of drug-likeness (QED) is 0.796. The Kier molecular flexibility index (Phi) is 2.85. The van der Waals surface area contributed by atoms with Crippen molar-refractivity contribution in [2.75, 3.05) is 11.1 Å². The Bertz CT molecular complexity index is 386. The van der Waals surface area contributed by atoms with Crippen molar-refractivity contribution in [1.82, 2.24) is 0 Å². The van der Waals surface area contributed by atoms with Crippen LogP contribution in [-0.2, 0) is 0 Å². The van der Waals surface area contributed by atoms with Gasteiger partial charge in [-0.1, -0.05) is 17.7 Å². The molecule has 14 heavy (non-hydrogen) atoms. The zero-order valence-electron chi connectivity index (χ0n) is 7.46. The summed E-state index contributed by atoms with van der Waals surface area (Å²) in [5, 5.41) is 12.6.